The lowest BCUT2D eigenvalue weighted by molar-refractivity contribution is 0.277. The normalized spacial score (nSPS) is 10.2. The van der Waals surface area contributed by atoms with Gasteiger partial charge in [-0.25, -0.2) is 0 Å². The molecule has 2 nitrogen and oxygen atoms in total. The third kappa shape index (κ3) is 4.43. The van der Waals surface area contributed by atoms with E-state index < -0.39 is 0 Å². The van der Waals surface area contributed by atoms with Gasteiger partial charge in [0.1, 0.15) is 11.6 Å². The minimum absolute atomic E-state index is 0.366. The fourth-order valence-electron chi connectivity index (χ4n) is 1.44. The van der Waals surface area contributed by atoms with Crippen LogP contribution in [0.25, 0.3) is 0 Å². The first kappa shape index (κ1) is 15.2. The van der Waals surface area contributed by atoms with E-state index in [4.69, 9.17) is 32.7 Å². The second-order valence-corrected chi connectivity index (χ2v) is 4.63. The zero-order valence-electron chi connectivity index (χ0n) is 10.5. The van der Waals surface area contributed by atoms with Gasteiger partial charge < -0.3 is 9.47 Å². The summed E-state index contributed by atoms with van der Waals surface area (Å²) in [5.41, 5.74) is 0. The summed E-state index contributed by atoms with van der Waals surface area (Å²) >= 11 is 12.1. The van der Waals surface area contributed by atoms with E-state index in [0.717, 1.165) is 19.3 Å². The molecule has 0 aliphatic rings. The molecule has 100 valence electrons. The van der Waals surface area contributed by atoms with Gasteiger partial charge >= 0.3 is 0 Å². The lowest BCUT2D eigenvalue weighted by Crippen LogP contribution is -2.02. The summed E-state index contributed by atoms with van der Waals surface area (Å²) in [5, 5.41) is 0.836. The van der Waals surface area contributed by atoms with Crippen LogP contribution in [0.1, 0.15) is 26.2 Å². The van der Waals surface area contributed by atoms with Crippen LogP contribution in [0.15, 0.2) is 24.8 Å². The summed E-state index contributed by atoms with van der Waals surface area (Å²) in [4.78, 5) is 0. The minimum atomic E-state index is 0.366. The van der Waals surface area contributed by atoms with Crippen molar-refractivity contribution >= 4 is 23.2 Å². The van der Waals surface area contributed by atoms with Crippen molar-refractivity contribution in [3.8, 4) is 11.5 Å². The van der Waals surface area contributed by atoms with E-state index in [-0.39, 0.29) is 0 Å². The molecule has 0 radical (unpaired) electrons. The van der Waals surface area contributed by atoms with Crippen molar-refractivity contribution in [3.05, 3.63) is 34.8 Å². The standard InChI is InChI=1S/C14H18Cl2O2/c1-3-5-6-10-17-12-8-7-11(15)13(16)14(12)18-9-4-2/h4,7-8H,2-3,5-6,9-10H2,1H3. The predicted octanol–water partition coefficient (Wildman–Crippen LogP) is 5.13. The molecule has 0 amide bonds. The Bertz CT molecular complexity index is 392. The Labute approximate surface area is 118 Å². The molecular formula is C14H18Cl2O2. The SMILES string of the molecule is C=CCOc1c(OCCCCC)ccc(Cl)c1Cl. The van der Waals surface area contributed by atoms with Crippen molar-refractivity contribution in [2.75, 3.05) is 13.2 Å². The summed E-state index contributed by atoms with van der Waals surface area (Å²) in [5.74, 6) is 1.11. The van der Waals surface area contributed by atoms with Gasteiger partial charge in [0.05, 0.1) is 11.6 Å². The Morgan fingerprint density at radius 2 is 2.00 bits per heavy atom. The van der Waals surface area contributed by atoms with Crippen molar-refractivity contribution in [1.29, 1.82) is 0 Å². The largest absolute Gasteiger partial charge is 0.490 e. The van der Waals surface area contributed by atoms with E-state index in [0.29, 0.717) is 34.8 Å². The van der Waals surface area contributed by atoms with Gasteiger partial charge in [-0.1, -0.05) is 55.6 Å². The first-order valence-electron chi connectivity index (χ1n) is 6.05. The summed E-state index contributed by atoms with van der Waals surface area (Å²) in [6.07, 6.45) is 4.96. The predicted molar refractivity (Wildman–Crippen MR) is 77.2 cm³/mol. The number of hydrogen-bond donors (Lipinski definition) is 0. The van der Waals surface area contributed by atoms with E-state index in [9.17, 15) is 0 Å². The molecule has 0 unspecified atom stereocenters. The highest BCUT2D eigenvalue weighted by Gasteiger charge is 2.13. The fourth-order valence-corrected chi connectivity index (χ4v) is 1.80. The molecule has 0 heterocycles. The molecule has 18 heavy (non-hydrogen) atoms. The average molecular weight is 289 g/mol. The maximum Gasteiger partial charge on any atom is 0.181 e. The van der Waals surface area contributed by atoms with E-state index in [1.807, 2.05) is 0 Å². The number of rotatable bonds is 8. The maximum atomic E-state index is 6.10. The Kier molecular flexibility index (Phi) is 6.99. The van der Waals surface area contributed by atoms with Crippen LogP contribution in [-0.2, 0) is 0 Å². The average Bonchev–Trinajstić information content (AvgIpc) is 2.38. The van der Waals surface area contributed by atoms with Crippen molar-refractivity contribution in [3.63, 3.8) is 0 Å². The van der Waals surface area contributed by atoms with Gasteiger partial charge in [-0.3, -0.25) is 0 Å². The maximum absolute atomic E-state index is 6.10. The van der Waals surface area contributed by atoms with E-state index >= 15 is 0 Å². The molecule has 1 rings (SSSR count). The molecule has 0 saturated heterocycles. The highest BCUT2D eigenvalue weighted by Crippen LogP contribution is 2.40. The number of hydrogen-bond acceptors (Lipinski definition) is 2. The van der Waals surface area contributed by atoms with Gasteiger partial charge in [-0.2, -0.15) is 0 Å². The molecule has 0 bridgehead atoms. The second-order valence-electron chi connectivity index (χ2n) is 3.84. The molecule has 1 aromatic carbocycles. The Morgan fingerprint density at radius 1 is 1.22 bits per heavy atom. The van der Waals surface area contributed by atoms with Gasteiger partial charge in [-0.15, -0.1) is 0 Å². The van der Waals surface area contributed by atoms with Gasteiger partial charge in [0.15, 0.2) is 11.5 Å². The van der Waals surface area contributed by atoms with Crippen LogP contribution in [0.2, 0.25) is 10.0 Å². The summed E-state index contributed by atoms with van der Waals surface area (Å²) < 4.78 is 11.2. The topological polar surface area (TPSA) is 18.5 Å². The lowest BCUT2D eigenvalue weighted by atomic mass is 10.2. The molecule has 0 saturated carbocycles. The van der Waals surface area contributed by atoms with Gasteiger partial charge in [-0.05, 0) is 18.6 Å². The number of ether oxygens (including phenoxy) is 2. The second kappa shape index (κ2) is 8.28. The lowest BCUT2D eigenvalue weighted by Gasteiger charge is -2.14. The van der Waals surface area contributed by atoms with Crippen LogP contribution in [0.3, 0.4) is 0 Å². The highest BCUT2D eigenvalue weighted by atomic mass is 35.5. The number of unbranched alkanes of at least 4 members (excludes halogenated alkanes) is 2. The first-order chi connectivity index (χ1) is 8.70. The summed E-state index contributed by atoms with van der Waals surface area (Å²) in [6, 6.07) is 3.48. The monoisotopic (exact) mass is 288 g/mol. The van der Waals surface area contributed by atoms with Crippen molar-refractivity contribution < 1.29 is 9.47 Å². The Balaban J connectivity index is 2.75. The molecule has 0 aliphatic heterocycles. The molecular weight excluding hydrogens is 271 g/mol. The smallest absolute Gasteiger partial charge is 0.181 e. The van der Waals surface area contributed by atoms with Crippen LogP contribution in [0, 0.1) is 0 Å². The third-order valence-corrected chi connectivity index (χ3v) is 3.15. The van der Waals surface area contributed by atoms with E-state index in [1.165, 1.54) is 0 Å². The van der Waals surface area contributed by atoms with Crippen molar-refractivity contribution in [1.82, 2.24) is 0 Å². The highest BCUT2D eigenvalue weighted by molar-refractivity contribution is 6.43. The van der Waals surface area contributed by atoms with E-state index in [1.54, 1.807) is 18.2 Å². The first-order valence-corrected chi connectivity index (χ1v) is 6.80. The molecule has 0 fully saturated rings. The van der Waals surface area contributed by atoms with Crippen LogP contribution < -0.4 is 9.47 Å². The third-order valence-electron chi connectivity index (χ3n) is 2.36. The van der Waals surface area contributed by atoms with Gasteiger partial charge in [0.2, 0.25) is 0 Å². The quantitative estimate of drug-likeness (QED) is 0.488. The van der Waals surface area contributed by atoms with E-state index in [2.05, 4.69) is 13.5 Å². The van der Waals surface area contributed by atoms with Crippen LogP contribution in [0.4, 0.5) is 0 Å². The molecule has 0 spiro atoms. The fraction of sp³-hybridized carbons (Fsp3) is 0.429. The molecule has 0 aliphatic carbocycles. The Hall–Kier alpha value is -0.860. The summed E-state index contributed by atoms with van der Waals surface area (Å²) in [7, 11) is 0. The zero-order chi connectivity index (χ0) is 13.4. The van der Waals surface area contributed by atoms with Crippen LogP contribution in [-0.4, -0.2) is 13.2 Å². The molecule has 0 N–H and O–H groups in total. The van der Waals surface area contributed by atoms with Gasteiger partial charge in [0, 0.05) is 0 Å². The van der Waals surface area contributed by atoms with Crippen LogP contribution in [0.5, 0.6) is 11.5 Å². The number of benzene rings is 1. The molecule has 0 aromatic heterocycles. The van der Waals surface area contributed by atoms with Crippen molar-refractivity contribution in [2.45, 2.75) is 26.2 Å². The minimum Gasteiger partial charge on any atom is -0.490 e. The van der Waals surface area contributed by atoms with Crippen molar-refractivity contribution in [2.24, 2.45) is 0 Å². The van der Waals surface area contributed by atoms with Gasteiger partial charge in [0.25, 0.3) is 0 Å². The van der Waals surface area contributed by atoms with Crippen LogP contribution >= 0.6 is 23.2 Å². The molecule has 1 aromatic rings. The molecule has 0 atom stereocenters. The zero-order valence-corrected chi connectivity index (χ0v) is 12.1. The number of halogens is 2. The molecule has 4 heteroatoms. The Morgan fingerprint density at radius 3 is 2.67 bits per heavy atom. The summed E-state index contributed by atoms with van der Waals surface area (Å²) in [6.45, 7) is 6.77.